The standard InChI is InChI=1S/C18H19ClN2O5S/c1-3-26-18(23)16-15(12-6-8-13(9-7-12)21(24)25)11(2)27-17(16)20-14(22)5-4-10-19/h6-9H,3-5,10H2,1-2H3,(H,20,22). The minimum absolute atomic E-state index is 0.0427. The van der Waals surface area contributed by atoms with Gasteiger partial charge in [0.25, 0.3) is 5.69 Å². The molecule has 1 aromatic heterocycles. The second-order valence-electron chi connectivity index (χ2n) is 5.60. The number of thiophene rings is 1. The predicted octanol–water partition coefficient (Wildman–Crippen LogP) is 4.77. The van der Waals surface area contributed by atoms with Crippen LogP contribution in [-0.2, 0) is 9.53 Å². The van der Waals surface area contributed by atoms with E-state index in [4.69, 9.17) is 16.3 Å². The second kappa shape index (κ2) is 9.48. The number of nitro groups is 1. The number of carbonyl (C=O) groups excluding carboxylic acids is 2. The van der Waals surface area contributed by atoms with Crippen molar-refractivity contribution >= 4 is 45.5 Å². The SMILES string of the molecule is CCOC(=O)c1c(NC(=O)CCCCl)sc(C)c1-c1ccc([N+](=O)[O-])cc1. The minimum atomic E-state index is -0.553. The van der Waals surface area contributed by atoms with Gasteiger partial charge in [-0.3, -0.25) is 14.9 Å². The van der Waals surface area contributed by atoms with Gasteiger partial charge >= 0.3 is 5.97 Å². The van der Waals surface area contributed by atoms with Crippen LogP contribution in [-0.4, -0.2) is 29.3 Å². The molecule has 2 rings (SSSR count). The van der Waals surface area contributed by atoms with Gasteiger partial charge in [-0.2, -0.15) is 0 Å². The molecule has 0 atom stereocenters. The number of alkyl halides is 1. The van der Waals surface area contributed by atoms with Gasteiger partial charge in [-0.15, -0.1) is 22.9 Å². The van der Waals surface area contributed by atoms with E-state index in [1.165, 1.54) is 23.5 Å². The van der Waals surface area contributed by atoms with Gasteiger partial charge in [0, 0.05) is 34.9 Å². The fraction of sp³-hybridized carbons (Fsp3) is 0.333. The summed E-state index contributed by atoms with van der Waals surface area (Å²) in [5.41, 5.74) is 1.45. The molecule has 27 heavy (non-hydrogen) atoms. The molecule has 0 aliphatic rings. The average Bonchev–Trinajstić information content (AvgIpc) is 2.96. The van der Waals surface area contributed by atoms with Crippen molar-refractivity contribution in [2.75, 3.05) is 17.8 Å². The lowest BCUT2D eigenvalue weighted by Crippen LogP contribution is -2.14. The van der Waals surface area contributed by atoms with Crippen LogP contribution in [0.4, 0.5) is 10.7 Å². The summed E-state index contributed by atoms with van der Waals surface area (Å²) in [6.45, 7) is 3.70. The van der Waals surface area contributed by atoms with Crippen LogP contribution in [0.3, 0.4) is 0 Å². The first-order chi connectivity index (χ1) is 12.9. The van der Waals surface area contributed by atoms with Crippen molar-refractivity contribution in [1.82, 2.24) is 0 Å². The van der Waals surface area contributed by atoms with Gasteiger partial charge < -0.3 is 10.1 Å². The monoisotopic (exact) mass is 410 g/mol. The number of nitro benzene ring substituents is 1. The first-order valence-electron chi connectivity index (χ1n) is 8.30. The summed E-state index contributed by atoms with van der Waals surface area (Å²) in [5.74, 6) is -0.420. The third kappa shape index (κ3) is 5.05. The molecule has 1 heterocycles. The third-order valence-electron chi connectivity index (χ3n) is 3.72. The lowest BCUT2D eigenvalue weighted by Gasteiger charge is -2.09. The fourth-order valence-corrected chi connectivity index (χ4v) is 3.76. The van der Waals surface area contributed by atoms with E-state index in [0.29, 0.717) is 28.4 Å². The normalized spacial score (nSPS) is 10.5. The summed E-state index contributed by atoms with van der Waals surface area (Å²) < 4.78 is 5.16. The minimum Gasteiger partial charge on any atom is -0.462 e. The molecular weight excluding hydrogens is 392 g/mol. The molecule has 0 aliphatic heterocycles. The molecule has 9 heteroatoms. The first-order valence-corrected chi connectivity index (χ1v) is 9.65. The fourth-order valence-electron chi connectivity index (χ4n) is 2.54. The van der Waals surface area contributed by atoms with Gasteiger partial charge in [-0.05, 0) is 38.0 Å². The Balaban J connectivity index is 2.47. The Labute approximate surface area is 165 Å². The molecule has 0 radical (unpaired) electrons. The molecule has 0 aliphatic carbocycles. The summed E-state index contributed by atoms with van der Waals surface area (Å²) in [7, 11) is 0. The van der Waals surface area contributed by atoms with Crippen molar-refractivity contribution < 1.29 is 19.2 Å². The predicted molar refractivity (Wildman–Crippen MR) is 106 cm³/mol. The van der Waals surface area contributed by atoms with E-state index >= 15 is 0 Å². The third-order valence-corrected chi connectivity index (χ3v) is 5.01. The lowest BCUT2D eigenvalue weighted by molar-refractivity contribution is -0.384. The highest BCUT2D eigenvalue weighted by atomic mass is 35.5. The van der Waals surface area contributed by atoms with E-state index in [1.807, 2.05) is 6.92 Å². The maximum absolute atomic E-state index is 12.5. The van der Waals surface area contributed by atoms with E-state index in [2.05, 4.69) is 5.32 Å². The van der Waals surface area contributed by atoms with E-state index in [0.717, 1.165) is 4.88 Å². The Morgan fingerprint density at radius 3 is 2.52 bits per heavy atom. The van der Waals surface area contributed by atoms with Gasteiger partial charge in [0.1, 0.15) is 10.6 Å². The molecule has 7 nitrogen and oxygen atoms in total. The van der Waals surface area contributed by atoms with Crippen LogP contribution in [0.15, 0.2) is 24.3 Å². The van der Waals surface area contributed by atoms with Gasteiger partial charge in [0.15, 0.2) is 0 Å². The van der Waals surface area contributed by atoms with Crippen LogP contribution in [0.25, 0.3) is 11.1 Å². The Morgan fingerprint density at radius 2 is 1.96 bits per heavy atom. The number of aryl methyl sites for hydroxylation is 1. The molecule has 1 amide bonds. The number of anilines is 1. The lowest BCUT2D eigenvalue weighted by atomic mass is 10.0. The number of esters is 1. The van der Waals surface area contributed by atoms with E-state index in [9.17, 15) is 19.7 Å². The molecule has 0 saturated carbocycles. The summed E-state index contributed by atoms with van der Waals surface area (Å²) in [4.78, 5) is 35.8. The van der Waals surface area contributed by atoms with E-state index in [-0.39, 0.29) is 30.2 Å². The van der Waals surface area contributed by atoms with Gasteiger partial charge in [0.05, 0.1) is 11.5 Å². The van der Waals surface area contributed by atoms with Crippen molar-refractivity contribution in [3.63, 3.8) is 0 Å². The van der Waals surface area contributed by atoms with Crippen LogP contribution < -0.4 is 5.32 Å². The average molecular weight is 411 g/mol. The Hall–Kier alpha value is -2.45. The zero-order valence-corrected chi connectivity index (χ0v) is 16.5. The number of hydrogen-bond acceptors (Lipinski definition) is 6. The van der Waals surface area contributed by atoms with Crippen LogP contribution in [0.2, 0.25) is 0 Å². The van der Waals surface area contributed by atoms with Crippen LogP contribution >= 0.6 is 22.9 Å². The largest absolute Gasteiger partial charge is 0.462 e. The number of amides is 1. The summed E-state index contributed by atoms with van der Waals surface area (Å²) in [5, 5.41) is 14.0. The number of non-ortho nitro benzene ring substituents is 1. The van der Waals surface area contributed by atoms with Crippen molar-refractivity contribution in [1.29, 1.82) is 0 Å². The highest BCUT2D eigenvalue weighted by Gasteiger charge is 2.25. The maximum atomic E-state index is 12.5. The number of rotatable bonds is 8. The molecule has 0 bridgehead atoms. The summed E-state index contributed by atoms with van der Waals surface area (Å²) in [6.07, 6.45) is 0.775. The topological polar surface area (TPSA) is 98.5 Å². The summed E-state index contributed by atoms with van der Waals surface area (Å²) >= 11 is 6.88. The molecule has 1 aromatic carbocycles. The maximum Gasteiger partial charge on any atom is 0.341 e. The first kappa shape index (κ1) is 20.9. The zero-order chi connectivity index (χ0) is 20.0. The zero-order valence-electron chi connectivity index (χ0n) is 14.9. The van der Waals surface area contributed by atoms with Gasteiger partial charge in [-0.25, -0.2) is 4.79 Å². The highest BCUT2D eigenvalue weighted by molar-refractivity contribution is 7.17. The number of hydrogen-bond donors (Lipinski definition) is 1. The number of benzene rings is 1. The van der Waals surface area contributed by atoms with Crippen molar-refractivity contribution in [3.05, 3.63) is 44.8 Å². The number of halogens is 1. The molecule has 1 N–H and O–H groups in total. The summed E-state index contributed by atoms with van der Waals surface area (Å²) in [6, 6.07) is 5.91. The number of ether oxygens (including phenoxy) is 1. The smallest absolute Gasteiger partial charge is 0.341 e. The number of carbonyl (C=O) groups is 2. The molecular formula is C18H19ClN2O5S. The Morgan fingerprint density at radius 1 is 1.30 bits per heavy atom. The number of nitrogens with one attached hydrogen (secondary N) is 1. The Kier molecular flexibility index (Phi) is 7.32. The second-order valence-corrected chi connectivity index (χ2v) is 7.21. The van der Waals surface area contributed by atoms with E-state index in [1.54, 1.807) is 19.1 Å². The molecule has 2 aromatic rings. The molecule has 0 saturated heterocycles. The van der Waals surface area contributed by atoms with Crippen LogP contribution in [0.5, 0.6) is 0 Å². The Bertz CT molecular complexity index is 848. The molecule has 0 unspecified atom stereocenters. The van der Waals surface area contributed by atoms with Gasteiger partial charge in [-0.1, -0.05) is 0 Å². The van der Waals surface area contributed by atoms with E-state index < -0.39 is 10.9 Å². The molecule has 144 valence electrons. The van der Waals surface area contributed by atoms with Crippen LogP contribution in [0.1, 0.15) is 35.0 Å². The highest BCUT2D eigenvalue weighted by Crippen LogP contribution is 2.40. The van der Waals surface area contributed by atoms with Crippen molar-refractivity contribution in [3.8, 4) is 11.1 Å². The molecule has 0 fully saturated rings. The van der Waals surface area contributed by atoms with Crippen LogP contribution in [0, 0.1) is 17.0 Å². The van der Waals surface area contributed by atoms with Crippen molar-refractivity contribution in [2.45, 2.75) is 26.7 Å². The quantitative estimate of drug-likeness (QED) is 0.292. The van der Waals surface area contributed by atoms with Gasteiger partial charge in [0.2, 0.25) is 5.91 Å². The van der Waals surface area contributed by atoms with Crippen molar-refractivity contribution in [2.24, 2.45) is 0 Å². The number of nitrogens with zero attached hydrogens (tertiary/aromatic N) is 1. The molecule has 0 spiro atoms.